The number of nitrogens with one attached hydrogen (secondary N) is 2. The minimum atomic E-state index is -1.11. The summed E-state index contributed by atoms with van der Waals surface area (Å²) in [5.74, 6) is -2.05. The maximum Gasteiger partial charge on any atom is 0.271 e. The molecule has 2 amide bonds. The zero-order valence-corrected chi connectivity index (χ0v) is 28.7. The van der Waals surface area contributed by atoms with Crippen LogP contribution in [0, 0.1) is 11.6 Å². The summed E-state index contributed by atoms with van der Waals surface area (Å²) in [4.78, 5) is 35.8. The van der Waals surface area contributed by atoms with Crippen molar-refractivity contribution in [3.63, 3.8) is 0 Å². The number of fused-ring (bicyclic) bond motifs is 4. The lowest BCUT2D eigenvalue weighted by atomic mass is 10.1. The molecule has 266 valence electrons. The lowest BCUT2D eigenvalue weighted by molar-refractivity contribution is 0.0918. The van der Waals surface area contributed by atoms with Crippen LogP contribution in [0.15, 0.2) is 54.9 Å². The molecule has 2 aliphatic rings. The van der Waals surface area contributed by atoms with E-state index in [4.69, 9.17) is 42.1 Å². The van der Waals surface area contributed by atoms with Crippen molar-refractivity contribution < 1.29 is 37.3 Å². The Morgan fingerprint density at radius 2 is 1.40 bits per heavy atom. The molecule has 3 atom stereocenters. The Labute approximate surface area is 302 Å². The van der Waals surface area contributed by atoms with Gasteiger partial charge in [-0.15, -0.1) is 10.2 Å². The van der Waals surface area contributed by atoms with Crippen molar-refractivity contribution in [1.82, 2.24) is 39.8 Å². The molecule has 52 heavy (non-hydrogen) atoms. The van der Waals surface area contributed by atoms with Gasteiger partial charge in [-0.2, -0.15) is 0 Å². The number of ether oxygens (including phenoxy) is 4. The molecule has 6 aromatic rings. The van der Waals surface area contributed by atoms with Crippen LogP contribution in [0.3, 0.4) is 0 Å². The van der Waals surface area contributed by atoms with E-state index in [9.17, 15) is 18.4 Å². The van der Waals surface area contributed by atoms with E-state index in [0.717, 1.165) is 6.07 Å². The summed E-state index contributed by atoms with van der Waals surface area (Å²) < 4.78 is 57.1. The summed E-state index contributed by atoms with van der Waals surface area (Å²) in [5, 5.41) is 14.1. The largest absolute Gasteiger partial charge is 0.491 e. The van der Waals surface area contributed by atoms with Crippen molar-refractivity contribution in [2.45, 2.75) is 32.2 Å². The molecule has 8 rings (SSSR count). The van der Waals surface area contributed by atoms with Crippen molar-refractivity contribution in [3.8, 4) is 23.3 Å². The van der Waals surface area contributed by atoms with Crippen LogP contribution in [0.5, 0.6) is 23.3 Å². The number of hydrogen-bond donors (Lipinski definition) is 2. The van der Waals surface area contributed by atoms with Crippen LogP contribution >= 0.6 is 23.2 Å². The van der Waals surface area contributed by atoms with Gasteiger partial charge in [-0.3, -0.25) is 9.59 Å². The molecule has 0 saturated carbocycles. The van der Waals surface area contributed by atoms with E-state index in [1.54, 1.807) is 26.0 Å². The van der Waals surface area contributed by atoms with Gasteiger partial charge in [-0.25, -0.2) is 27.8 Å². The van der Waals surface area contributed by atoms with E-state index in [1.165, 1.54) is 45.7 Å². The summed E-state index contributed by atoms with van der Waals surface area (Å²) in [6, 6.07) is 9.82. The first-order valence-corrected chi connectivity index (χ1v) is 16.7. The van der Waals surface area contributed by atoms with Crippen LogP contribution in [0.4, 0.5) is 8.78 Å². The van der Waals surface area contributed by atoms with Crippen molar-refractivity contribution in [2.75, 3.05) is 19.7 Å². The predicted molar refractivity (Wildman–Crippen MR) is 180 cm³/mol. The fourth-order valence-corrected chi connectivity index (χ4v) is 6.74. The average Bonchev–Trinajstić information content (AvgIpc) is 3.75. The van der Waals surface area contributed by atoms with Crippen LogP contribution < -0.4 is 29.6 Å². The number of benzene rings is 2. The highest BCUT2D eigenvalue weighted by Gasteiger charge is 2.30. The van der Waals surface area contributed by atoms with Crippen molar-refractivity contribution in [3.05, 3.63) is 105 Å². The second-order valence-electron chi connectivity index (χ2n) is 11.9. The van der Waals surface area contributed by atoms with E-state index in [0.29, 0.717) is 11.2 Å². The molecule has 0 saturated heterocycles. The number of halogens is 4. The van der Waals surface area contributed by atoms with Crippen LogP contribution in [0.1, 0.15) is 69.8 Å². The van der Waals surface area contributed by atoms with Gasteiger partial charge in [0.05, 0.1) is 46.7 Å². The van der Waals surface area contributed by atoms with Gasteiger partial charge in [0.1, 0.15) is 48.1 Å². The van der Waals surface area contributed by atoms with Crippen molar-refractivity contribution in [1.29, 1.82) is 0 Å². The first kappa shape index (κ1) is 33.4. The fourth-order valence-electron chi connectivity index (χ4n) is 6.12. The molecule has 0 fully saturated rings. The van der Waals surface area contributed by atoms with Gasteiger partial charge in [0.15, 0.2) is 22.7 Å². The van der Waals surface area contributed by atoms with E-state index < -0.39 is 41.8 Å². The molecule has 14 nitrogen and oxygen atoms in total. The second kappa shape index (κ2) is 13.1. The third-order valence-corrected chi connectivity index (χ3v) is 9.35. The number of nitrogens with zero attached hydrogens (tertiary/aromatic N) is 6. The third kappa shape index (κ3) is 5.82. The number of aromatic nitrogens is 6. The first-order valence-electron chi connectivity index (χ1n) is 16.0. The minimum Gasteiger partial charge on any atom is -0.491 e. The van der Waals surface area contributed by atoms with E-state index in [2.05, 4.69) is 30.8 Å². The van der Waals surface area contributed by atoms with Crippen molar-refractivity contribution >= 4 is 46.3 Å². The smallest absolute Gasteiger partial charge is 0.271 e. The summed E-state index contributed by atoms with van der Waals surface area (Å²) in [7, 11) is 0. The highest BCUT2D eigenvalue weighted by atomic mass is 35.5. The molecule has 2 aromatic carbocycles. The zero-order chi connectivity index (χ0) is 36.3. The Hall–Kier alpha value is -5.74. The van der Waals surface area contributed by atoms with Gasteiger partial charge >= 0.3 is 0 Å². The molecule has 4 aromatic heterocycles. The van der Waals surface area contributed by atoms with Crippen LogP contribution in [0.25, 0.3) is 11.3 Å². The molecular formula is C34H26Cl2F2N8O6. The predicted octanol–water partition coefficient (Wildman–Crippen LogP) is 5.62. The number of amides is 2. The molecule has 0 aliphatic carbocycles. The Bertz CT molecular complexity index is 2420. The fraction of sp³-hybridized carbons (Fsp3) is 0.235. The molecule has 2 unspecified atom stereocenters. The maximum atomic E-state index is 15.0. The highest BCUT2D eigenvalue weighted by Crippen LogP contribution is 2.40. The molecule has 2 N–H and O–H groups in total. The zero-order valence-electron chi connectivity index (χ0n) is 27.2. The van der Waals surface area contributed by atoms with E-state index in [1.807, 2.05) is 0 Å². The lowest BCUT2D eigenvalue weighted by Gasteiger charge is -2.25. The summed E-state index contributed by atoms with van der Waals surface area (Å²) in [6.45, 7) is 3.19. The first-order chi connectivity index (χ1) is 25.1. The maximum absolute atomic E-state index is 15.0. The summed E-state index contributed by atoms with van der Waals surface area (Å²) in [5.41, 5.74) is 1.36. The lowest BCUT2D eigenvalue weighted by Crippen LogP contribution is -2.32. The topological polar surface area (TPSA) is 155 Å². The Balaban J connectivity index is 1.30. The molecule has 4 bridgehead atoms. The van der Waals surface area contributed by atoms with Crippen molar-refractivity contribution in [2.24, 2.45) is 0 Å². The number of rotatable bonds is 1. The van der Waals surface area contributed by atoms with Gasteiger partial charge in [0.2, 0.25) is 11.8 Å². The number of imidazole rings is 2. The van der Waals surface area contributed by atoms with Crippen LogP contribution in [-0.2, 0) is 0 Å². The number of carbonyl (C=O) groups is 2. The minimum absolute atomic E-state index is 0.0366. The number of carbonyl (C=O) groups excluding carboxylic acids is 2. The van der Waals surface area contributed by atoms with E-state index in [-0.39, 0.29) is 81.2 Å². The molecular weight excluding hydrogens is 725 g/mol. The van der Waals surface area contributed by atoms with E-state index >= 15 is 0 Å². The quantitative estimate of drug-likeness (QED) is 0.216. The third-order valence-electron chi connectivity index (χ3n) is 8.58. The molecule has 0 spiro atoms. The van der Waals surface area contributed by atoms with Crippen LogP contribution in [-0.4, -0.2) is 60.7 Å². The molecule has 0 radical (unpaired) electrons. The van der Waals surface area contributed by atoms with Gasteiger partial charge in [0, 0.05) is 17.7 Å². The standard InChI is InChI=1S/C34H26Cl2F2N8O6/c1-15-28-22(5-3-18(37)30(28)35)49-10-9-39-33(47)21-13-41-32-17(11-27(51-15)44-46(21)32)24-14-42-34(48)20-12-40-25-7-8-26(43-45(20)25)50-16(2)29-23(52-24)6-4-19(38)31(29)36/h3-8,11-13,15-16,24H,9-10,14H2,1-2H3,(H,39,47)(H,42,48)/t15-,16?,24?/m1/s1. The summed E-state index contributed by atoms with van der Waals surface area (Å²) >= 11 is 13.0. The van der Waals surface area contributed by atoms with Gasteiger partial charge < -0.3 is 29.6 Å². The van der Waals surface area contributed by atoms with Crippen LogP contribution in [0.2, 0.25) is 10.0 Å². The van der Waals surface area contributed by atoms with Gasteiger partial charge in [-0.05, 0) is 44.2 Å². The molecule has 6 heterocycles. The normalized spacial score (nSPS) is 19.2. The Kier molecular flexibility index (Phi) is 8.42. The Morgan fingerprint density at radius 1 is 0.769 bits per heavy atom. The van der Waals surface area contributed by atoms with Gasteiger partial charge in [0.25, 0.3) is 11.8 Å². The number of hydrogen-bond acceptors (Lipinski definition) is 10. The summed E-state index contributed by atoms with van der Waals surface area (Å²) in [6.07, 6.45) is -0.237. The second-order valence-corrected chi connectivity index (χ2v) is 12.6. The monoisotopic (exact) mass is 750 g/mol. The highest BCUT2D eigenvalue weighted by molar-refractivity contribution is 6.32. The average molecular weight is 752 g/mol. The molecule has 18 heteroatoms. The molecule has 2 aliphatic heterocycles. The van der Waals surface area contributed by atoms with Gasteiger partial charge in [-0.1, -0.05) is 23.2 Å². The SMILES string of the molecule is CC1Oc2ccc3ncc(n3n2)C(=O)NCC(c2cc3nn4c(cnc24)C(=O)NCCOc2ccc(F)c(Cl)c2[C@@H](C)O3)Oc2ccc(F)c(Cl)c21. The Morgan fingerprint density at radius 3 is 2.17 bits per heavy atom.